The third kappa shape index (κ3) is 1.80. The molecule has 0 unspecified atom stereocenters. The van der Waals surface area contributed by atoms with E-state index < -0.39 is 0 Å². The van der Waals surface area contributed by atoms with E-state index in [9.17, 15) is 0 Å². The standard InChI is InChI=1S/C12H11N3O2S/c1-16-8-2-3-10-11(6-8)15(12(18)14-10)7-9-4-5-13-17-9/h2-6H,7H2,1H3,(H,14,18). The van der Waals surface area contributed by atoms with Crippen LogP contribution in [0, 0.1) is 4.77 Å². The highest BCUT2D eigenvalue weighted by Gasteiger charge is 2.08. The second-order valence-corrected chi connectivity index (χ2v) is 4.26. The Bertz CT molecular complexity index is 727. The van der Waals surface area contributed by atoms with Crippen molar-refractivity contribution in [3.63, 3.8) is 0 Å². The third-order valence-electron chi connectivity index (χ3n) is 2.79. The van der Waals surface area contributed by atoms with E-state index in [0.29, 0.717) is 11.3 Å². The van der Waals surface area contributed by atoms with E-state index in [1.165, 1.54) is 0 Å². The van der Waals surface area contributed by atoms with E-state index in [2.05, 4.69) is 10.1 Å². The number of H-pyrrole nitrogens is 1. The highest BCUT2D eigenvalue weighted by Crippen LogP contribution is 2.21. The first kappa shape index (κ1) is 11.0. The molecule has 0 saturated carbocycles. The molecule has 2 heterocycles. The number of benzene rings is 1. The zero-order valence-corrected chi connectivity index (χ0v) is 10.5. The molecule has 0 aliphatic heterocycles. The normalized spacial score (nSPS) is 10.9. The molecule has 0 radical (unpaired) electrons. The molecule has 3 aromatic rings. The first-order chi connectivity index (χ1) is 8.78. The zero-order chi connectivity index (χ0) is 12.5. The summed E-state index contributed by atoms with van der Waals surface area (Å²) in [4.78, 5) is 3.15. The number of fused-ring (bicyclic) bond motifs is 1. The summed E-state index contributed by atoms with van der Waals surface area (Å²) in [5.41, 5.74) is 1.95. The molecule has 0 fully saturated rings. The Hall–Kier alpha value is -2.08. The average molecular weight is 261 g/mol. The number of methoxy groups -OCH3 is 1. The minimum absolute atomic E-state index is 0.548. The summed E-state index contributed by atoms with van der Waals surface area (Å²) in [7, 11) is 1.64. The Balaban J connectivity index is 2.14. The number of hydrogen-bond donors (Lipinski definition) is 1. The lowest BCUT2D eigenvalue weighted by Crippen LogP contribution is -1.98. The van der Waals surface area contributed by atoms with Crippen LogP contribution in [0.15, 0.2) is 35.0 Å². The van der Waals surface area contributed by atoms with Crippen molar-refractivity contribution in [2.75, 3.05) is 7.11 Å². The maximum atomic E-state index is 5.31. The summed E-state index contributed by atoms with van der Waals surface area (Å²) in [5, 5.41) is 3.69. The van der Waals surface area contributed by atoms with Crippen LogP contribution in [0.4, 0.5) is 0 Å². The molecule has 5 nitrogen and oxygen atoms in total. The molecule has 1 aromatic carbocycles. The van der Waals surface area contributed by atoms with E-state index in [0.717, 1.165) is 22.5 Å². The number of aromatic nitrogens is 3. The van der Waals surface area contributed by atoms with Crippen LogP contribution in [0.2, 0.25) is 0 Å². The van der Waals surface area contributed by atoms with Crippen LogP contribution >= 0.6 is 12.2 Å². The molecule has 0 aliphatic rings. The van der Waals surface area contributed by atoms with Gasteiger partial charge in [0, 0.05) is 12.1 Å². The molecule has 92 valence electrons. The lowest BCUT2D eigenvalue weighted by Gasteiger charge is -2.03. The van der Waals surface area contributed by atoms with E-state index in [1.807, 2.05) is 28.8 Å². The largest absolute Gasteiger partial charge is 0.497 e. The van der Waals surface area contributed by atoms with Gasteiger partial charge in [0.15, 0.2) is 10.5 Å². The van der Waals surface area contributed by atoms with Crippen molar-refractivity contribution in [3.8, 4) is 5.75 Å². The van der Waals surface area contributed by atoms with Crippen LogP contribution in [0.3, 0.4) is 0 Å². The van der Waals surface area contributed by atoms with E-state index >= 15 is 0 Å². The number of nitrogens with zero attached hydrogens (tertiary/aromatic N) is 2. The highest BCUT2D eigenvalue weighted by molar-refractivity contribution is 7.71. The monoisotopic (exact) mass is 261 g/mol. The summed E-state index contributed by atoms with van der Waals surface area (Å²) in [6.45, 7) is 0.548. The van der Waals surface area contributed by atoms with Crippen LogP contribution in [-0.2, 0) is 6.54 Å². The molecule has 0 saturated heterocycles. The van der Waals surface area contributed by atoms with Crippen LogP contribution in [0.25, 0.3) is 11.0 Å². The molecule has 0 spiro atoms. The number of nitrogens with one attached hydrogen (secondary N) is 1. The summed E-state index contributed by atoms with van der Waals surface area (Å²) in [5.74, 6) is 1.55. The third-order valence-corrected chi connectivity index (χ3v) is 3.11. The molecular formula is C12H11N3O2S. The van der Waals surface area contributed by atoms with E-state index in [1.54, 1.807) is 13.3 Å². The fraction of sp³-hybridized carbons (Fsp3) is 0.167. The van der Waals surface area contributed by atoms with Gasteiger partial charge in [-0.25, -0.2) is 0 Å². The van der Waals surface area contributed by atoms with Gasteiger partial charge in [-0.1, -0.05) is 5.16 Å². The second-order valence-electron chi connectivity index (χ2n) is 3.88. The van der Waals surface area contributed by atoms with Gasteiger partial charge in [-0.3, -0.25) is 0 Å². The molecule has 6 heteroatoms. The van der Waals surface area contributed by atoms with Crippen molar-refractivity contribution in [3.05, 3.63) is 41.0 Å². The topological polar surface area (TPSA) is 56.0 Å². The van der Waals surface area contributed by atoms with Crippen molar-refractivity contribution in [2.45, 2.75) is 6.54 Å². The van der Waals surface area contributed by atoms with E-state index in [4.69, 9.17) is 21.5 Å². The fourth-order valence-electron chi connectivity index (χ4n) is 1.90. The lowest BCUT2D eigenvalue weighted by molar-refractivity contribution is 0.377. The molecule has 0 amide bonds. The Morgan fingerprint density at radius 2 is 2.33 bits per heavy atom. The summed E-state index contributed by atoms with van der Waals surface area (Å²) in [6.07, 6.45) is 1.62. The van der Waals surface area contributed by atoms with Crippen LogP contribution in [0.1, 0.15) is 5.76 Å². The number of aromatic amines is 1. The quantitative estimate of drug-likeness (QED) is 0.736. The SMILES string of the molecule is COc1ccc2[nH]c(=S)n(Cc3ccno3)c2c1. The van der Waals surface area contributed by atoms with Gasteiger partial charge in [0.1, 0.15) is 5.75 Å². The van der Waals surface area contributed by atoms with Gasteiger partial charge in [-0.15, -0.1) is 0 Å². The van der Waals surface area contributed by atoms with Crippen molar-refractivity contribution in [1.29, 1.82) is 0 Å². The van der Waals surface area contributed by atoms with Gasteiger partial charge in [-0.05, 0) is 24.4 Å². The maximum Gasteiger partial charge on any atom is 0.178 e. The molecule has 3 rings (SSSR count). The Morgan fingerprint density at radius 3 is 3.06 bits per heavy atom. The number of ether oxygens (including phenoxy) is 1. The smallest absolute Gasteiger partial charge is 0.178 e. The van der Waals surface area contributed by atoms with Gasteiger partial charge in [-0.2, -0.15) is 0 Å². The van der Waals surface area contributed by atoms with Gasteiger partial charge < -0.3 is 18.8 Å². The molecular weight excluding hydrogens is 250 g/mol. The van der Waals surface area contributed by atoms with Crippen LogP contribution in [-0.4, -0.2) is 21.8 Å². The van der Waals surface area contributed by atoms with Crippen LogP contribution in [0.5, 0.6) is 5.75 Å². The van der Waals surface area contributed by atoms with Gasteiger partial charge in [0.25, 0.3) is 0 Å². The second kappa shape index (κ2) is 4.30. The van der Waals surface area contributed by atoms with Crippen molar-refractivity contribution in [1.82, 2.24) is 14.7 Å². The van der Waals surface area contributed by atoms with Gasteiger partial charge in [0.05, 0.1) is 30.9 Å². The number of rotatable bonds is 3. The number of hydrogen-bond acceptors (Lipinski definition) is 4. The zero-order valence-electron chi connectivity index (χ0n) is 9.71. The molecule has 0 atom stereocenters. The highest BCUT2D eigenvalue weighted by atomic mass is 32.1. The predicted octanol–water partition coefficient (Wildman–Crippen LogP) is 2.74. The first-order valence-electron chi connectivity index (χ1n) is 5.44. The van der Waals surface area contributed by atoms with Gasteiger partial charge >= 0.3 is 0 Å². The van der Waals surface area contributed by atoms with Crippen molar-refractivity contribution >= 4 is 23.3 Å². The summed E-state index contributed by atoms with van der Waals surface area (Å²) in [6, 6.07) is 7.60. The van der Waals surface area contributed by atoms with Crippen LogP contribution < -0.4 is 4.74 Å². The minimum Gasteiger partial charge on any atom is -0.497 e. The Kier molecular flexibility index (Phi) is 2.64. The minimum atomic E-state index is 0.548. The summed E-state index contributed by atoms with van der Waals surface area (Å²) >= 11 is 5.31. The average Bonchev–Trinajstić information content (AvgIpc) is 2.99. The molecule has 2 aromatic heterocycles. The molecule has 0 bridgehead atoms. The van der Waals surface area contributed by atoms with Crippen molar-refractivity contribution in [2.24, 2.45) is 0 Å². The summed E-state index contributed by atoms with van der Waals surface area (Å²) < 4.78 is 12.9. The molecule has 18 heavy (non-hydrogen) atoms. The first-order valence-corrected chi connectivity index (χ1v) is 5.85. The fourth-order valence-corrected chi connectivity index (χ4v) is 2.17. The van der Waals surface area contributed by atoms with Gasteiger partial charge in [0.2, 0.25) is 0 Å². The Labute approximate surface area is 108 Å². The Morgan fingerprint density at radius 1 is 1.44 bits per heavy atom. The predicted molar refractivity (Wildman–Crippen MR) is 69.3 cm³/mol. The van der Waals surface area contributed by atoms with Crippen molar-refractivity contribution < 1.29 is 9.26 Å². The number of imidazole rings is 1. The van der Waals surface area contributed by atoms with E-state index in [-0.39, 0.29) is 0 Å². The molecule has 1 N–H and O–H groups in total. The maximum absolute atomic E-state index is 5.31. The lowest BCUT2D eigenvalue weighted by atomic mass is 10.3. The molecule has 0 aliphatic carbocycles.